The van der Waals surface area contributed by atoms with Gasteiger partial charge < -0.3 is 9.64 Å². The standard InChI is InChI=1S/C15H19NO2/c1-11-8-9-16(2)14(15(11)17)10-12-4-6-13(18-3)7-5-12/h4-7,10-11H,8-9H2,1-3H3/b14-10-. The Kier molecular flexibility index (Phi) is 3.70. The summed E-state index contributed by atoms with van der Waals surface area (Å²) in [6.07, 6.45) is 2.90. The highest BCUT2D eigenvalue weighted by Gasteiger charge is 2.25. The van der Waals surface area contributed by atoms with Gasteiger partial charge in [0, 0.05) is 19.5 Å². The maximum absolute atomic E-state index is 12.1. The lowest BCUT2D eigenvalue weighted by atomic mass is 9.94. The number of methoxy groups -OCH3 is 1. The lowest BCUT2D eigenvalue weighted by molar-refractivity contribution is -0.121. The minimum atomic E-state index is 0.130. The fourth-order valence-electron chi connectivity index (χ4n) is 2.12. The summed E-state index contributed by atoms with van der Waals surface area (Å²) in [5.74, 6) is 1.19. The Labute approximate surface area is 108 Å². The van der Waals surface area contributed by atoms with Crippen molar-refractivity contribution in [1.29, 1.82) is 0 Å². The van der Waals surface area contributed by atoms with Gasteiger partial charge in [-0.1, -0.05) is 19.1 Å². The zero-order chi connectivity index (χ0) is 13.1. The van der Waals surface area contributed by atoms with E-state index in [4.69, 9.17) is 4.74 Å². The molecule has 0 saturated carbocycles. The zero-order valence-electron chi connectivity index (χ0n) is 11.1. The first-order chi connectivity index (χ1) is 8.61. The SMILES string of the molecule is COc1ccc(/C=C2/C(=O)C(C)CCN2C)cc1. The normalized spacial score (nSPS) is 22.4. The maximum Gasteiger partial charge on any atom is 0.181 e. The van der Waals surface area contributed by atoms with Crippen molar-refractivity contribution in [2.24, 2.45) is 5.92 Å². The number of nitrogens with zero attached hydrogens (tertiary/aromatic N) is 1. The van der Waals surface area contributed by atoms with E-state index in [0.29, 0.717) is 0 Å². The summed E-state index contributed by atoms with van der Waals surface area (Å²) in [4.78, 5) is 14.2. The second-order valence-corrected chi connectivity index (χ2v) is 4.78. The summed E-state index contributed by atoms with van der Waals surface area (Å²) in [5.41, 5.74) is 1.83. The molecule has 96 valence electrons. The molecule has 1 heterocycles. The van der Waals surface area contributed by atoms with E-state index in [0.717, 1.165) is 30.0 Å². The predicted molar refractivity (Wildman–Crippen MR) is 72.4 cm³/mol. The fourth-order valence-corrected chi connectivity index (χ4v) is 2.12. The van der Waals surface area contributed by atoms with Crippen LogP contribution in [-0.4, -0.2) is 31.4 Å². The highest BCUT2D eigenvalue weighted by atomic mass is 16.5. The number of allylic oxidation sites excluding steroid dienone is 1. The molecule has 0 aromatic heterocycles. The Bertz CT molecular complexity index is 462. The van der Waals surface area contributed by atoms with Gasteiger partial charge in [0.15, 0.2) is 5.78 Å². The van der Waals surface area contributed by atoms with Crippen molar-refractivity contribution in [3.8, 4) is 5.75 Å². The summed E-state index contributed by atoms with van der Waals surface area (Å²) in [5, 5.41) is 0. The molecule has 1 atom stereocenters. The van der Waals surface area contributed by atoms with Gasteiger partial charge in [0.05, 0.1) is 12.8 Å². The Morgan fingerprint density at radius 2 is 2.00 bits per heavy atom. The van der Waals surface area contributed by atoms with Crippen LogP contribution in [0.5, 0.6) is 5.75 Å². The van der Waals surface area contributed by atoms with Crippen LogP contribution in [0.2, 0.25) is 0 Å². The summed E-state index contributed by atoms with van der Waals surface area (Å²) in [6.45, 7) is 2.94. The molecule has 1 aliphatic heterocycles. The number of hydrogen-bond acceptors (Lipinski definition) is 3. The van der Waals surface area contributed by atoms with Gasteiger partial charge in [-0.05, 0) is 30.2 Å². The molecule has 0 aliphatic carbocycles. The molecule has 0 radical (unpaired) electrons. The number of ether oxygens (including phenoxy) is 1. The first-order valence-electron chi connectivity index (χ1n) is 6.23. The van der Waals surface area contributed by atoms with Crippen molar-refractivity contribution in [3.05, 3.63) is 35.5 Å². The number of likely N-dealkylation sites (tertiary alicyclic amines) is 1. The third-order valence-corrected chi connectivity index (χ3v) is 3.43. The number of hydrogen-bond donors (Lipinski definition) is 0. The molecule has 1 aliphatic rings. The number of ketones is 1. The van der Waals surface area contributed by atoms with Gasteiger partial charge in [0.2, 0.25) is 0 Å². The Balaban J connectivity index is 2.26. The average Bonchev–Trinajstić information content (AvgIpc) is 2.40. The van der Waals surface area contributed by atoms with E-state index in [1.165, 1.54) is 0 Å². The van der Waals surface area contributed by atoms with Gasteiger partial charge in [-0.2, -0.15) is 0 Å². The van der Waals surface area contributed by atoms with Crippen LogP contribution in [0.25, 0.3) is 6.08 Å². The van der Waals surface area contributed by atoms with Crippen LogP contribution in [0.4, 0.5) is 0 Å². The van der Waals surface area contributed by atoms with Crippen molar-refractivity contribution in [2.75, 3.05) is 20.7 Å². The molecule has 0 N–H and O–H groups in total. The van der Waals surface area contributed by atoms with E-state index in [9.17, 15) is 4.79 Å². The smallest absolute Gasteiger partial charge is 0.181 e. The van der Waals surface area contributed by atoms with E-state index in [1.807, 2.05) is 49.2 Å². The largest absolute Gasteiger partial charge is 0.497 e. The molecular formula is C15H19NO2. The van der Waals surface area contributed by atoms with Gasteiger partial charge >= 0.3 is 0 Å². The Morgan fingerprint density at radius 1 is 1.33 bits per heavy atom. The molecule has 0 spiro atoms. The number of likely N-dealkylation sites (N-methyl/N-ethyl adjacent to an activating group) is 1. The van der Waals surface area contributed by atoms with Gasteiger partial charge in [0.1, 0.15) is 5.75 Å². The van der Waals surface area contributed by atoms with Crippen LogP contribution in [0.1, 0.15) is 18.9 Å². The van der Waals surface area contributed by atoms with Gasteiger partial charge in [-0.15, -0.1) is 0 Å². The number of rotatable bonds is 2. The molecule has 1 saturated heterocycles. The maximum atomic E-state index is 12.1. The molecule has 18 heavy (non-hydrogen) atoms. The lowest BCUT2D eigenvalue weighted by Crippen LogP contribution is -2.35. The molecule has 3 heteroatoms. The van der Waals surface area contributed by atoms with E-state index in [2.05, 4.69) is 0 Å². The van der Waals surface area contributed by atoms with Crippen molar-refractivity contribution >= 4 is 11.9 Å². The summed E-state index contributed by atoms with van der Waals surface area (Å²) < 4.78 is 5.12. The number of Topliss-reactive ketones (excluding diaryl/α,β-unsaturated/α-hetero) is 1. The van der Waals surface area contributed by atoms with Crippen molar-refractivity contribution in [2.45, 2.75) is 13.3 Å². The van der Waals surface area contributed by atoms with E-state index >= 15 is 0 Å². The highest BCUT2D eigenvalue weighted by Crippen LogP contribution is 2.23. The summed E-state index contributed by atoms with van der Waals surface area (Å²) in [6, 6.07) is 7.74. The van der Waals surface area contributed by atoms with Crippen LogP contribution in [-0.2, 0) is 4.79 Å². The minimum Gasteiger partial charge on any atom is -0.497 e. The van der Waals surface area contributed by atoms with Gasteiger partial charge in [0.25, 0.3) is 0 Å². The fraction of sp³-hybridized carbons (Fsp3) is 0.400. The molecule has 0 bridgehead atoms. The van der Waals surface area contributed by atoms with Crippen molar-refractivity contribution < 1.29 is 9.53 Å². The minimum absolute atomic E-state index is 0.130. The van der Waals surface area contributed by atoms with Gasteiger partial charge in [-0.3, -0.25) is 4.79 Å². The lowest BCUT2D eigenvalue weighted by Gasteiger charge is -2.30. The highest BCUT2D eigenvalue weighted by molar-refractivity contribution is 6.00. The monoisotopic (exact) mass is 245 g/mol. The van der Waals surface area contributed by atoms with Crippen molar-refractivity contribution in [1.82, 2.24) is 4.90 Å². The summed E-state index contributed by atoms with van der Waals surface area (Å²) >= 11 is 0. The van der Waals surface area contributed by atoms with Crippen molar-refractivity contribution in [3.63, 3.8) is 0 Å². The van der Waals surface area contributed by atoms with E-state index < -0.39 is 0 Å². The van der Waals surface area contributed by atoms with Crippen LogP contribution < -0.4 is 4.74 Å². The van der Waals surface area contributed by atoms with Crippen LogP contribution >= 0.6 is 0 Å². The number of benzene rings is 1. The first-order valence-corrected chi connectivity index (χ1v) is 6.23. The quantitative estimate of drug-likeness (QED) is 0.750. The Morgan fingerprint density at radius 3 is 2.61 bits per heavy atom. The van der Waals surface area contributed by atoms with Gasteiger partial charge in [-0.25, -0.2) is 0 Å². The third-order valence-electron chi connectivity index (χ3n) is 3.43. The third kappa shape index (κ3) is 2.55. The molecular weight excluding hydrogens is 226 g/mol. The number of piperidine rings is 1. The second kappa shape index (κ2) is 5.25. The van der Waals surface area contributed by atoms with Crippen LogP contribution in [0.3, 0.4) is 0 Å². The predicted octanol–water partition coefficient (Wildman–Crippen LogP) is 2.58. The molecule has 0 amide bonds. The molecule has 1 aromatic rings. The number of carbonyl (C=O) groups excluding carboxylic acids is 1. The van der Waals surface area contributed by atoms with Crippen LogP contribution in [0, 0.1) is 5.92 Å². The van der Waals surface area contributed by atoms with E-state index in [-0.39, 0.29) is 11.7 Å². The summed E-state index contributed by atoms with van der Waals surface area (Å²) in [7, 11) is 3.62. The number of carbonyl (C=O) groups is 1. The first kappa shape index (κ1) is 12.7. The van der Waals surface area contributed by atoms with E-state index in [1.54, 1.807) is 7.11 Å². The van der Waals surface area contributed by atoms with Crippen LogP contribution in [0.15, 0.2) is 30.0 Å². The molecule has 1 aromatic carbocycles. The molecule has 2 rings (SSSR count). The molecule has 3 nitrogen and oxygen atoms in total. The topological polar surface area (TPSA) is 29.5 Å². The molecule has 1 unspecified atom stereocenters. The molecule has 1 fully saturated rings. The average molecular weight is 245 g/mol. The second-order valence-electron chi connectivity index (χ2n) is 4.78. The zero-order valence-corrected chi connectivity index (χ0v) is 11.1. The Hall–Kier alpha value is -1.77.